The van der Waals surface area contributed by atoms with Crippen LogP contribution in [0, 0.1) is 5.82 Å². The summed E-state index contributed by atoms with van der Waals surface area (Å²) in [6.45, 7) is -0.791. The van der Waals surface area contributed by atoms with E-state index in [0.717, 1.165) is 12.3 Å². The van der Waals surface area contributed by atoms with Crippen molar-refractivity contribution in [3.8, 4) is 0 Å². The lowest BCUT2D eigenvalue weighted by Crippen LogP contribution is -2.29. The maximum Gasteiger partial charge on any atom is 0.255 e. The van der Waals surface area contributed by atoms with Gasteiger partial charge in [-0.25, -0.2) is 13.2 Å². The van der Waals surface area contributed by atoms with E-state index in [1.165, 1.54) is 6.20 Å². The maximum absolute atomic E-state index is 12.9. The molecule has 6 heteroatoms. The number of hydrogen-bond acceptors (Lipinski definition) is 2. The highest BCUT2D eigenvalue weighted by atomic mass is 19.3. The molecule has 14 heavy (non-hydrogen) atoms. The maximum atomic E-state index is 12.9. The van der Waals surface area contributed by atoms with Crippen molar-refractivity contribution in [1.29, 1.82) is 0 Å². The van der Waals surface area contributed by atoms with E-state index >= 15 is 0 Å². The zero-order valence-corrected chi connectivity index (χ0v) is 7.01. The number of carbonyl (C=O) groups is 1. The molecule has 0 spiro atoms. The van der Waals surface area contributed by atoms with E-state index in [-0.39, 0.29) is 5.56 Å². The molecule has 0 bridgehead atoms. The first-order chi connectivity index (χ1) is 6.61. The van der Waals surface area contributed by atoms with Crippen molar-refractivity contribution < 1.29 is 18.0 Å². The Hall–Kier alpha value is -1.59. The van der Waals surface area contributed by atoms with Gasteiger partial charge in [0.05, 0.1) is 18.3 Å². The molecule has 0 atom stereocenters. The fraction of sp³-hybridized carbons (Fsp3) is 0.250. The molecular weight excluding hydrogens is 197 g/mol. The summed E-state index contributed by atoms with van der Waals surface area (Å²) in [6.07, 6.45) is -0.596. The van der Waals surface area contributed by atoms with Gasteiger partial charge in [0.15, 0.2) is 5.82 Å². The lowest BCUT2D eigenvalue weighted by molar-refractivity contribution is 0.0887. The minimum Gasteiger partial charge on any atom is -0.346 e. The predicted octanol–water partition coefficient (Wildman–Crippen LogP) is 1.22. The molecule has 0 aliphatic heterocycles. The fourth-order valence-electron chi connectivity index (χ4n) is 0.824. The number of aromatic nitrogens is 1. The van der Waals surface area contributed by atoms with E-state index in [9.17, 15) is 18.0 Å². The zero-order chi connectivity index (χ0) is 10.6. The Morgan fingerprint density at radius 1 is 1.57 bits per heavy atom. The largest absolute Gasteiger partial charge is 0.346 e. The zero-order valence-electron chi connectivity index (χ0n) is 7.01. The van der Waals surface area contributed by atoms with E-state index in [2.05, 4.69) is 4.98 Å². The molecule has 1 N–H and O–H groups in total. The first-order valence-corrected chi connectivity index (χ1v) is 3.77. The van der Waals surface area contributed by atoms with Crippen molar-refractivity contribution in [1.82, 2.24) is 10.3 Å². The highest BCUT2D eigenvalue weighted by molar-refractivity contribution is 5.94. The molecule has 0 aromatic carbocycles. The van der Waals surface area contributed by atoms with Gasteiger partial charge >= 0.3 is 0 Å². The van der Waals surface area contributed by atoms with E-state index < -0.39 is 24.7 Å². The Labute approximate surface area is 78.0 Å². The van der Waals surface area contributed by atoms with Crippen LogP contribution in [0.25, 0.3) is 0 Å². The summed E-state index contributed by atoms with van der Waals surface area (Å²) in [6, 6.07) is 1.12. The summed E-state index contributed by atoms with van der Waals surface area (Å²) in [7, 11) is 0. The van der Waals surface area contributed by atoms with Crippen LogP contribution in [0.4, 0.5) is 13.2 Å². The van der Waals surface area contributed by atoms with Crippen LogP contribution in [0.3, 0.4) is 0 Å². The van der Waals surface area contributed by atoms with Crippen LogP contribution in [0.2, 0.25) is 0 Å². The Morgan fingerprint density at radius 2 is 2.29 bits per heavy atom. The molecular formula is C8H7F3N2O. The Bertz CT molecular complexity index is 330. The van der Waals surface area contributed by atoms with Gasteiger partial charge in [0.25, 0.3) is 12.3 Å². The molecule has 1 rings (SSSR count). The molecule has 1 aromatic rings. The number of nitrogens with one attached hydrogen (secondary N) is 1. The van der Waals surface area contributed by atoms with Gasteiger partial charge in [-0.2, -0.15) is 0 Å². The molecule has 0 aliphatic carbocycles. The molecule has 1 amide bonds. The average Bonchev–Trinajstić information content (AvgIpc) is 2.15. The first-order valence-electron chi connectivity index (χ1n) is 3.77. The van der Waals surface area contributed by atoms with Gasteiger partial charge in [-0.15, -0.1) is 0 Å². The molecule has 1 aromatic heterocycles. The lowest BCUT2D eigenvalue weighted by atomic mass is 10.2. The minimum absolute atomic E-state index is 0.291. The second-order valence-electron chi connectivity index (χ2n) is 2.46. The summed E-state index contributed by atoms with van der Waals surface area (Å²) < 4.78 is 36.2. The molecule has 0 radical (unpaired) electrons. The van der Waals surface area contributed by atoms with E-state index in [1.807, 2.05) is 5.32 Å². The van der Waals surface area contributed by atoms with Crippen molar-refractivity contribution in [3.63, 3.8) is 0 Å². The summed E-state index contributed by atoms with van der Waals surface area (Å²) in [5.41, 5.74) is -0.291. The number of amides is 1. The number of halogens is 3. The third kappa shape index (κ3) is 2.72. The van der Waals surface area contributed by atoms with Crippen LogP contribution in [0.15, 0.2) is 18.5 Å². The number of alkyl halides is 2. The second kappa shape index (κ2) is 4.59. The monoisotopic (exact) mass is 204 g/mol. The average molecular weight is 204 g/mol. The van der Waals surface area contributed by atoms with Gasteiger partial charge in [-0.3, -0.25) is 9.78 Å². The van der Waals surface area contributed by atoms with E-state index in [0.29, 0.717) is 0 Å². The van der Waals surface area contributed by atoms with Gasteiger partial charge < -0.3 is 5.32 Å². The van der Waals surface area contributed by atoms with Crippen molar-refractivity contribution in [2.45, 2.75) is 6.43 Å². The Balaban J connectivity index is 2.65. The molecule has 0 unspecified atom stereocenters. The fourth-order valence-corrected chi connectivity index (χ4v) is 0.824. The topological polar surface area (TPSA) is 42.0 Å². The SMILES string of the molecule is O=C(NCC(F)F)c1ccncc1F. The van der Waals surface area contributed by atoms with Gasteiger partial charge in [0.1, 0.15) is 0 Å². The van der Waals surface area contributed by atoms with Crippen molar-refractivity contribution in [2.75, 3.05) is 6.54 Å². The van der Waals surface area contributed by atoms with Crippen LogP contribution < -0.4 is 5.32 Å². The first kappa shape index (κ1) is 10.5. The number of hydrogen-bond donors (Lipinski definition) is 1. The predicted molar refractivity (Wildman–Crippen MR) is 42.5 cm³/mol. The van der Waals surface area contributed by atoms with Gasteiger partial charge in [-0.1, -0.05) is 0 Å². The van der Waals surface area contributed by atoms with Crippen LogP contribution in [0.5, 0.6) is 0 Å². The van der Waals surface area contributed by atoms with Crippen LogP contribution in [0.1, 0.15) is 10.4 Å². The normalized spacial score (nSPS) is 10.3. The standard InChI is InChI=1S/C8H7F3N2O/c9-6-3-12-2-1-5(6)8(14)13-4-7(10)11/h1-3,7H,4H2,(H,13,14). The molecule has 0 aliphatic rings. The number of pyridine rings is 1. The minimum atomic E-state index is -2.65. The third-order valence-corrected chi connectivity index (χ3v) is 1.43. The Kier molecular flexibility index (Phi) is 3.44. The van der Waals surface area contributed by atoms with Crippen LogP contribution >= 0.6 is 0 Å². The van der Waals surface area contributed by atoms with Crippen LogP contribution in [-0.4, -0.2) is 23.9 Å². The highest BCUT2D eigenvalue weighted by Gasteiger charge is 2.12. The molecule has 0 fully saturated rings. The summed E-state index contributed by atoms with van der Waals surface area (Å²) in [5.74, 6) is -1.70. The molecule has 0 saturated carbocycles. The summed E-state index contributed by atoms with van der Waals surface area (Å²) >= 11 is 0. The van der Waals surface area contributed by atoms with Crippen molar-refractivity contribution in [2.24, 2.45) is 0 Å². The molecule has 0 saturated heterocycles. The van der Waals surface area contributed by atoms with Crippen molar-refractivity contribution in [3.05, 3.63) is 29.8 Å². The summed E-state index contributed by atoms with van der Waals surface area (Å²) in [4.78, 5) is 14.5. The van der Waals surface area contributed by atoms with Gasteiger partial charge in [-0.05, 0) is 6.07 Å². The quantitative estimate of drug-likeness (QED) is 0.804. The van der Waals surface area contributed by atoms with Crippen LogP contribution in [-0.2, 0) is 0 Å². The second-order valence-corrected chi connectivity index (χ2v) is 2.46. The molecule has 1 heterocycles. The lowest BCUT2D eigenvalue weighted by Gasteiger charge is -2.04. The third-order valence-electron chi connectivity index (χ3n) is 1.43. The Morgan fingerprint density at radius 3 is 2.86 bits per heavy atom. The number of carbonyl (C=O) groups excluding carboxylic acids is 1. The summed E-state index contributed by atoms with van der Waals surface area (Å²) in [5, 5.41) is 1.88. The van der Waals surface area contributed by atoms with Crippen molar-refractivity contribution >= 4 is 5.91 Å². The molecule has 3 nitrogen and oxygen atoms in total. The smallest absolute Gasteiger partial charge is 0.255 e. The highest BCUT2D eigenvalue weighted by Crippen LogP contribution is 2.03. The molecule has 76 valence electrons. The van der Waals surface area contributed by atoms with E-state index in [4.69, 9.17) is 0 Å². The van der Waals surface area contributed by atoms with Gasteiger partial charge in [0.2, 0.25) is 0 Å². The van der Waals surface area contributed by atoms with E-state index in [1.54, 1.807) is 0 Å². The number of nitrogens with zero attached hydrogens (tertiary/aromatic N) is 1. The number of rotatable bonds is 3. The van der Waals surface area contributed by atoms with Gasteiger partial charge in [0, 0.05) is 6.20 Å².